The summed E-state index contributed by atoms with van der Waals surface area (Å²) in [6.45, 7) is 2.20. The van der Waals surface area contributed by atoms with Crippen LogP contribution in [0.3, 0.4) is 0 Å². The van der Waals surface area contributed by atoms with Crippen molar-refractivity contribution in [1.82, 2.24) is 0 Å². The van der Waals surface area contributed by atoms with Crippen LogP contribution in [0.5, 0.6) is 0 Å². The molecule has 1 aromatic heterocycles. The van der Waals surface area contributed by atoms with E-state index in [2.05, 4.69) is 22.9 Å². The number of pyridine rings is 1. The predicted octanol–water partition coefficient (Wildman–Crippen LogP) is -0.647. The highest BCUT2D eigenvalue weighted by Gasteiger charge is 2.34. The highest BCUT2D eigenvalue weighted by molar-refractivity contribution is 7.01. The maximum absolute atomic E-state index is 6.29. The lowest BCUT2D eigenvalue weighted by atomic mass is 10.4. The SMILES string of the molecule is CCC[CH2][Al]([Cl])[n+]1ccccc1.[Cl-]. The zero-order valence-electron chi connectivity index (χ0n) is 7.79. The maximum atomic E-state index is 6.29. The van der Waals surface area contributed by atoms with Gasteiger partial charge in [0.1, 0.15) is 12.4 Å². The Balaban J connectivity index is 0.00000144. The first-order valence-electron chi connectivity index (χ1n) is 4.44. The number of unbranched alkanes of at least 4 members (excludes halogenated alkanes) is 1. The highest BCUT2D eigenvalue weighted by Crippen LogP contribution is 2.01. The first-order chi connectivity index (χ1) is 5.84. The highest BCUT2D eigenvalue weighted by atomic mass is 35.6. The van der Waals surface area contributed by atoms with Crippen molar-refractivity contribution in [2.24, 2.45) is 0 Å². The second-order valence-electron chi connectivity index (χ2n) is 2.90. The Kier molecular flexibility index (Phi) is 7.80. The molecule has 0 atom stereocenters. The van der Waals surface area contributed by atoms with Crippen molar-refractivity contribution in [1.29, 1.82) is 0 Å². The normalized spacial score (nSPS) is 9.08. The van der Waals surface area contributed by atoms with E-state index >= 15 is 0 Å². The van der Waals surface area contributed by atoms with E-state index < -0.39 is 13.4 Å². The van der Waals surface area contributed by atoms with E-state index in [9.17, 15) is 0 Å². The second kappa shape index (κ2) is 7.65. The Morgan fingerprint density at radius 2 is 1.85 bits per heavy atom. The van der Waals surface area contributed by atoms with Crippen LogP contribution < -0.4 is 16.0 Å². The van der Waals surface area contributed by atoms with Gasteiger partial charge in [-0.05, 0) is 17.4 Å². The Labute approximate surface area is 95.0 Å². The van der Waals surface area contributed by atoms with Gasteiger partial charge in [0.25, 0.3) is 0 Å². The lowest BCUT2D eigenvalue weighted by molar-refractivity contribution is -0.533. The number of hydrogen-bond donors (Lipinski definition) is 0. The van der Waals surface area contributed by atoms with Crippen LogP contribution in [0, 0.1) is 0 Å². The number of rotatable bonds is 4. The Morgan fingerprint density at radius 3 is 2.38 bits per heavy atom. The first-order valence-corrected chi connectivity index (χ1v) is 7.52. The van der Waals surface area contributed by atoms with Crippen molar-refractivity contribution in [2.75, 3.05) is 0 Å². The number of aromatic nitrogens is 1. The predicted molar refractivity (Wildman–Crippen MR) is 53.4 cm³/mol. The molecule has 0 amide bonds. The molecule has 1 nitrogen and oxygen atoms in total. The van der Waals surface area contributed by atoms with E-state index in [0.717, 1.165) is 0 Å². The fourth-order valence-corrected chi connectivity index (χ4v) is 3.59. The molecular weight excluding hydrogens is 220 g/mol. The van der Waals surface area contributed by atoms with Gasteiger partial charge < -0.3 is 16.0 Å². The van der Waals surface area contributed by atoms with Crippen LogP contribution in [0.25, 0.3) is 0 Å². The average Bonchev–Trinajstić information content (AvgIpc) is 2.15. The quantitative estimate of drug-likeness (QED) is 0.610. The van der Waals surface area contributed by atoms with Gasteiger partial charge in [-0.1, -0.05) is 25.8 Å². The Morgan fingerprint density at radius 1 is 1.23 bits per heavy atom. The van der Waals surface area contributed by atoms with Crippen molar-refractivity contribution in [3.8, 4) is 0 Å². The number of halogens is 2. The van der Waals surface area contributed by atoms with Crippen LogP contribution in [0.4, 0.5) is 0 Å². The topological polar surface area (TPSA) is 3.88 Å². The second-order valence-corrected chi connectivity index (χ2v) is 6.45. The molecule has 1 heterocycles. The van der Waals surface area contributed by atoms with E-state index in [4.69, 9.17) is 10.0 Å². The van der Waals surface area contributed by atoms with Gasteiger partial charge in [0.05, 0.1) is 0 Å². The molecule has 0 aliphatic heterocycles. The lowest BCUT2D eigenvalue weighted by Crippen LogP contribution is -3.00. The first kappa shape index (κ1) is 13.3. The third-order valence-corrected chi connectivity index (χ3v) is 5.06. The third-order valence-electron chi connectivity index (χ3n) is 1.86. The number of hydrogen-bond acceptors (Lipinski definition) is 0. The van der Waals surface area contributed by atoms with Gasteiger partial charge in [0, 0.05) is 0 Å². The van der Waals surface area contributed by atoms with Crippen molar-refractivity contribution in [3.05, 3.63) is 30.6 Å². The summed E-state index contributed by atoms with van der Waals surface area (Å²) in [4.78, 5) is 0. The van der Waals surface area contributed by atoms with E-state index in [-0.39, 0.29) is 12.4 Å². The monoisotopic (exact) mass is 233 g/mol. The fourth-order valence-electron chi connectivity index (χ4n) is 1.12. The Bertz CT molecular complexity index is 218. The van der Waals surface area contributed by atoms with Crippen LogP contribution in [0.15, 0.2) is 30.6 Å². The Hall–Kier alpha value is 0.262. The van der Waals surface area contributed by atoms with Crippen molar-refractivity contribution < 1.29 is 16.0 Å². The largest absolute Gasteiger partial charge is 1.00 e. The van der Waals surface area contributed by atoms with Crippen molar-refractivity contribution in [3.63, 3.8) is 0 Å². The van der Waals surface area contributed by atoms with Crippen LogP contribution >= 0.6 is 10.0 Å². The molecule has 0 radical (unpaired) electrons. The van der Waals surface area contributed by atoms with Gasteiger partial charge in [-0.15, -0.1) is 0 Å². The molecule has 0 saturated carbocycles. The molecule has 1 rings (SSSR count). The van der Waals surface area contributed by atoms with Gasteiger partial charge in [-0.2, -0.15) is 10.0 Å². The van der Waals surface area contributed by atoms with Gasteiger partial charge in [-0.25, -0.2) is 0 Å². The van der Waals surface area contributed by atoms with E-state index in [1.54, 1.807) is 0 Å². The molecule has 1 aromatic rings. The molecule has 0 fully saturated rings. The lowest BCUT2D eigenvalue weighted by Gasteiger charge is -1.96. The molecule has 72 valence electrons. The summed E-state index contributed by atoms with van der Waals surface area (Å²) in [6, 6.07) is 6.09. The molecule has 0 spiro atoms. The van der Waals surface area contributed by atoms with E-state index in [0.29, 0.717) is 0 Å². The van der Waals surface area contributed by atoms with Crippen LogP contribution in [0.1, 0.15) is 19.8 Å². The summed E-state index contributed by atoms with van der Waals surface area (Å²) in [5.74, 6) is 0. The molecule has 0 aliphatic rings. The summed E-state index contributed by atoms with van der Waals surface area (Å²) < 4.78 is 2.18. The minimum absolute atomic E-state index is 0. The summed E-state index contributed by atoms with van der Waals surface area (Å²) in [7, 11) is 6.29. The fraction of sp³-hybridized carbons (Fsp3) is 0.444. The molecule has 0 N–H and O–H groups in total. The molecule has 13 heavy (non-hydrogen) atoms. The van der Waals surface area contributed by atoms with Gasteiger partial charge in [0.15, 0.2) is 0 Å². The molecule has 0 aliphatic carbocycles. The third kappa shape index (κ3) is 4.88. The molecule has 4 heteroatoms. The van der Waals surface area contributed by atoms with Crippen LogP contribution in [-0.4, -0.2) is 13.4 Å². The minimum atomic E-state index is -1.19. The summed E-state index contributed by atoms with van der Waals surface area (Å²) in [5, 5.41) is 1.19. The average molecular weight is 234 g/mol. The standard InChI is InChI=1S/C5H5N.C4H9.Al.2ClH/c1-2-4-6-5-3-1;1-3-4-2;;;/h1-5H;1,3-4H2,2H3;;2*1H/q;;+2;;/p-2. The molecule has 0 bridgehead atoms. The minimum Gasteiger partial charge on any atom is -1.00 e. The van der Waals surface area contributed by atoms with Gasteiger partial charge >= 0.3 is 13.4 Å². The zero-order valence-corrected chi connectivity index (χ0v) is 10.5. The maximum Gasteiger partial charge on any atom is 0.876 e. The molecule has 0 unspecified atom stereocenters. The van der Waals surface area contributed by atoms with Gasteiger partial charge in [-0.3, -0.25) is 0 Å². The smallest absolute Gasteiger partial charge is 0.876 e. The number of nitrogens with zero attached hydrogens (tertiary/aromatic N) is 1. The summed E-state index contributed by atoms with van der Waals surface area (Å²) in [6.07, 6.45) is 6.63. The van der Waals surface area contributed by atoms with Crippen LogP contribution in [-0.2, 0) is 0 Å². The summed E-state index contributed by atoms with van der Waals surface area (Å²) in [5.41, 5.74) is 0. The van der Waals surface area contributed by atoms with E-state index in [1.165, 1.54) is 18.1 Å². The van der Waals surface area contributed by atoms with Gasteiger partial charge in [0.2, 0.25) is 0 Å². The van der Waals surface area contributed by atoms with Crippen molar-refractivity contribution >= 4 is 23.5 Å². The zero-order chi connectivity index (χ0) is 8.81. The summed E-state index contributed by atoms with van der Waals surface area (Å²) >= 11 is -1.19. The molecule has 0 saturated heterocycles. The van der Waals surface area contributed by atoms with Crippen molar-refractivity contribution in [2.45, 2.75) is 25.0 Å². The van der Waals surface area contributed by atoms with Crippen LogP contribution in [0.2, 0.25) is 5.28 Å². The molecule has 0 aromatic carbocycles. The molecular formula is C9H14AlCl2N. The van der Waals surface area contributed by atoms with E-state index in [1.807, 2.05) is 18.2 Å².